The Morgan fingerprint density at radius 3 is 2.42 bits per heavy atom. The minimum atomic E-state index is -0.593. The molecule has 12 heteroatoms. The molecule has 4 rings (SSSR count). The molecule has 1 fully saturated rings. The number of nitro benzene ring substituents is 1. The largest absolute Gasteiger partial charge is 0.493 e. The van der Waals surface area contributed by atoms with Gasteiger partial charge < -0.3 is 19.7 Å². The Labute approximate surface area is 206 Å². The summed E-state index contributed by atoms with van der Waals surface area (Å²) in [4.78, 5) is 38.9. The number of hydrogen-bond donors (Lipinski definition) is 1. The third kappa shape index (κ3) is 4.83. The molecule has 188 valence electrons. The van der Waals surface area contributed by atoms with Crippen molar-refractivity contribution >= 4 is 23.2 Å². The van der Waals surface area contributed by atoms with E-state index in [-0.39, 0.29) is 28.5 Å². The fourth-order valence-corrected chi connectivity index (χ4v) is 4.13. The van der Waals surface area contributed by atoms with Crippen molar-refractivity contribution in [1.29, 1.82) is 0 Å². The lowest BCUT2D eigenvalue weighted by molar-refractivity contribution is -0.384. The summed E-state index contributed by atoms with van der Waals surface area (Å²) in [5.74, 6) is -0.101. The van der Waals surface area contributed by atoms with Crippen LogP contribution < -0.4 is 14.8 Å². The molecule has 2 aromatic carbocycles. The van der Waals surface area contributed by atoms with Crippen LogP contribution in [0, 0.1) is 17.0 Å². The Balaban J connectivity index is 1.67. The van der Waals surface area contributed by atoms with Gasteiger partial charge in [-0.3, -0.25) is 19.7 Å². The van der Waals surface area contributed by atoms with E-state index in [1.807, 2.05) is 0 Å². The van der Waals surface area contributed by atoms with E-state index in [1.54, 1.807) is 24.0 Å². The third-order valence-electron chi connectivity index (χ3n) is 6.04. The van der Waals surface area contributed by atoms with E-state index in [0.717, 1.165) is 19.3 Å². The summed E-state index contributed by atoms with van der Waals surface area (Å²) in [6, 6.07) is 8.94. The molecular formula is C24H26N6O6. The Morgan fingerprint density at radius 1 is 1.06 bits per heavy atom. The fraction of sp³-hybridized carbons (Fsp3) is 0.333. The maximum absolute atomic E-state index is 13.3. The summed E-state index contributed by atoms with van der Waals surface area (Å²) in [5, 5.41) is 21.9. The van der Waals surface area contributed by atoms with Gasteiger partial charge in [0.15, 0.2) is 17.2 Å². The molecule has 1 aromatic heterocycles. The highest BCUT2D eigenvalue weighted by atomic mass is 16.6. The standard InChI is InChI=1S/C24H26N6O6/c1-15-22(26-27-29(15)16-8-7-9-17(12-16)30(33)34)23(31)25-19-14-21(36-3)20(35-2)13-18(19)24(32)28-10-5-4-6-11-28/h7-9,12-14H,4-6,10-11H2,1-3H3,(H,25,31). The first-order valence-electron chi connectivity index (χ1n) is 11.4. The predicted octanol–water partition coefficient (Wildman–Crippen LogP) is 3.38. The normalized spacial score (nSPS) is 13.2. The highest BCUT2D eigenvalue weighted by Gasteiger charge is 2.26. The number of nitro groups is 1. The quantitative estimate of drug-likeness (QED) is 0.389. The molecule has 1 aliphatic heterocycles. The number of ether oxygens (including phenoxy) is 2. The molecule has 36 heavy (non-hydrogen) atoms. The van der Waals surface area contributed by atoms with Gasteiger partial charge in [0.2, 0.25) is 0 Å². The maximum Gasteiger partial charge on any atom is 0.278 e. The molecule has 0 saturated carbocycles. The van der Waals surface area contributed by atoms with E-state index in [9.17, 15) is 19.7 Å². The highest BCUT2D eigenvalue weighted by molar-refractivity contribution is 6.09. The molecule has 0 atom stereocenters. The lowest BCUT2D eigenvalue weighted by Gasteiger charge is -2.28. The lowest BCUT2D eigenvalue weighted by atomic mass is 10.1. The number of aromatic nitrogens is 3. The van der Waals surface area contributed by atoms with Crippen molar-refractivity contribution in [2.24, 2.45) is 0 Å². The minimum absolute atomic E-state index is 0.00709. The molecular weight excluding hydrogens is 468 g/mol. The third-order valence-corrected chi connectivity index (χ3v) is 6.04. The maximum atomic E-state index is 13.3. The molecule has 2 heterocycles. The molecule has 1 aliphatic rings. The van der Waals surface area contributed by atoms with E-state index >= 15 is 0 Å². The van der Waals surface area contributed by atoms with E-state index in [0.29, 0.717) is 36.0 Å². The zero-order chi connectivity index (χ0) is 25.8. The molecule has 0 spiro atoms. The van der Waals surface area contributed by atoms with Crippen LogP contribution in [-0.4, -0.2) is 63.9 Å². The number of amides is 2. The van der Waals surface area contributed by atoms with Crippen LogP contribution in [0.15, 0.2) is 36.4 Å². The topological polar surface area (TPSA) is 142 Å². The zero-order valence-corrected chi connectivity index (χ0v) is 20.2. The van der Waals surface area contributed by atoms with Gasteiger partial charge in [-0.2, -0.15) is 0 Å². The Hall–Kier alpha value is -4.48. The van der Waals surface area contributed by atoms with Crippen LogP contribution in [0.3, 0.4) is 0 Å². The van der Waals surface area contributed by atoms with Crippen LogP contribution >= 0.6 is 0 Å². The van der Waals surface area contributed by atoms with Crippen molar-refractivity contribution in [3.05, 3.63) is 63.5 Å². The van der Waals surface area contributed by atoms with Crippen molar-refractivity contribution in [1.82, 2.24) is 19.9 Å². The Bertz CT molecular complexity index is 1310. The van der Waals surface area contributed by atoms with Gasteiger partial charge in [-0.25, -0.2) is 4.68 Å². The second-order valence-corrected chi connectivity index (χ2v) is 8.27. The Morgan fingerprint density at radius 2 is 1.75 bits per heavy atom. The summed E-state index contributed by atoms with van der Waals surface area (Å²) >= 11 is 0. The van der Waals surface area contributed by atoms with Gasteiger partial charge >= 0.3 is 0 Å². The molecule has 2 amide bonds. The van der Waals surface area contributed by atoms with Crippen LogP contribution in [-0.2, 0) is 0 Å². The summed E-state index contributed by atoms with van der Waals surface area (Å²) in [6.45, 7) is 2.90. The first-order chi connectivity index (χ1) is 17.3. The van der Waals surface area contributed by atoms with E-state index in [1.165, 1.54) is 43.2 Å². The minimum Gasteiger partial charge on any atom is -0.493 e. The van der Waals surface area contributed by atoms with Crippen LogP contribution in [0.25, 0.3) is 5.69 Å². The average Bonchev–Trinajstić information content (AvgIpc) is 3.29. The predicted molar refractivity (Wildman–Crippen MR) is 130 cm³/mol. The summed E-state index contributed by atoms with van der Waals surface area (Å²) < 4.78 is 12.1. The lowest BCUT2D eigenvalue weighted by Crippen LogP contribution is -2.36. The fourth-order valence-electron chi connectivity index (χ4n) is 4.13. The van der Waals surface area contributed by atoms with Crippen molar-refractivity contribution < 1.29 is 24.0 Å². The number of non-ortho nitro benzene ring substituents is 1. The monoisotopic (exact) mass is 494 g/mol. The van der Waals surface area contributed by atoms with Crippen molar-refractivity contribution in [3.8, 4) is 17.2 Å². The SMILES string of the molecule is COc1cc(NC(=O)c2nnn(-c3cccc([N+](=O)[O-])c3)c2C)c(C(=O)N2CCCCC2)cc1OC. The first kappa shape index (κ1) is 24.6. The molecule has 1 N–H and O–H groups in total. The number of methoxy groups -OCH3 is 2. The second kappa shape index (κ2) is 10.4. The van der Waals surface area contributed by atoms with Gasteiger partial charge in [0.05, 0.1) is 41.8 Å². The number of benzene rings is 2. The number of piperidine rings is 1. The number of anilines is 1. The number of rotatable bonds is 7. The number of nitrogens with one attached hydrogen (secondary N) is 1. The van der Waals surface area contributed by atoms with Gasteiger partial charge in [0.25, 0.3) is 17.5 Å². The first-order valence-corrected chi connectivity index (χ1v) is 11.4. The molecule has 0 radical (unpaired) electrons. The van der Waals surface area contributed by atoms with Crippen molar-refractivity contribution in [3.63, 3.8) is 0 Å². The second-order valence-electron chi connectivity index (χ2n) is 8.27. The number of likely N-dealkylation sites (tertiary alicyclic amines) is 1. The molecule has 12 nitrogen and oxygen atoms in total. The highest BCUT2D eigenvalue weighted by Crippen LogP contribution is 2.35. The molecule has 1 saturated heterocycles. The zero-order valence-electron chi connectivity index (χ0n) is 20.2. The van der Waals surface area contributed by atoms with Gasteiger partial charge in [0, 0.05) is 31.3 Å². The van der Waals surface area contributed by atoms with Crippen LogP contribution in [0.4, 0.5) is 11.4 Å². The molecule has 0 bridgehead atoms. The number of carbonyl (C=O) groups is 2. The molecule has 3 aromatic rings. The summed E-state index contributed by atoms with van der Waals surface area (Å²) in [7, 11) is 2.94. The number of carbonyl (C=O) groups excluding carboxylic acids is 2. The van der Waals surface area contributed by atoms with Gasteiger partial charge in [-0.05, 0) is 38.3 Å². The smallest absolute Gasteiger partial charge is 0.278 e. The van der Waals surface area contributed by atoms with Crippen molar-refractivity contribution in [2.45, 2.75) is 26.2 Å². The van der Waals surface area contributed by atoms with Crippen LogP contribution in [0.2, 0.25) is 0 Å². The number of hydrogen-bond acceptors (Lipinski definition) is 8. The summed E-state index contributed by atoms with van der Waals surface area (Å²) in [6.07, 6.45) is 2.90. The summed E-state index contributed by atoms with van der Waals surface area (Å²) in [5.41, 5.74) is 1.18. The van der Waals surface area contributed by atoms with Gasteiger partial charge in [-0.1, -0.05) is 11.3 Å². The average molecular weight is 495 g/mol. The van der Waals surface area contributed by atoms with Gasteiger partial charge in [0.1, 0.15) is 0 Å². The van der Waals surface area contributed by atoms with Crippen molar-refractivity contribution in [2.75, 3.05) is 32.6 Å². The van der Waals surface area contributed by atoms with Crippen LogP contribution in [0.1, 0.15) is 45.8 Å². The molecule has 0 unspecified atom stereocenters. The van der Waals surface area contributed by atoms with E-state index < -0.39 is 10.8 Å². The van der Waals surface area contributed by atoms with Gasteiger partial charge in [-0.15, -0.1) is 5.10 Å². The van der Waals surface area contributed by atoms with E-state index in [4.69, 9.17) is 9.47 Å². The number of nitrogens with zero attached hydrogens (tertiary/aromatic N) is 5. The molecule has 0 aliphatic carbocycles. The van der Waals surface area contributed by atoms with Crippen LogP contribution in [0.5, 0.6) is 11.5 Å². The Kier molecular flexibility index (Phi) is 7.13. The van der Waals surface area contributed by atoms with E-state index in [2.05, 4.69) is 15.6 Å².